The van der Waals surface area contributed by atoms with Gasteiger partial charge in [-0.15, -0.1) is 0 Å². The Labute approximate surface area is 122 Å². The maximum atomic E-state index is 12.4. The van der Waals surface area contributed by atoms with Crippen LogP contribution < -0.4 is 10.1 Å². The molecule has 0 spiro atoms. The topological polar surface area (TPSA) is 54.1 Å². The van der Waals surface area contributed by atoms with Crippen molar-refractivity contribution >= 4 is 22.5 Å². The Morgan fingerprint density at radius 2 is 1.95 bits per heavy atom. The molecule has 0 fully saturated rings. The van der Waals surface area contributed by atoms with Crippen LogP contribution in [-0.4, -0.2) is 18.0 Å². The van der Waals surface area contributed by atoms with Crippen LogP contribution in [0.25, 0.3) is 10.9 Å². The second-order valence-corrected chi connectivity index (χ2v) is 4.86. The van der Waals surface area contributed by atoms with Crippen LogP contribution >= 0.6 is 0 Å². The molecule has 0 aliphatic rings. The number of amides is 1. The Morgan fingerprint density at radius 1 is 1.14 bits per heavy atom. The summed E-state index contributed by atoms with van der Waals surface area (Å²) < 4.78 is 5.15. The van der Waals surface area contributed by atoms with Gasteiger partial charge in [-0.25, -0.2) is 0 Å². The van der Waals surface area contributed by atoms with E-state index in [4.69, 9.17) is 4.74 Å². The van der Waals surface area contributed by atoms with Gasteiger partial charge < -0.3 is 15.0 Å². The van der Waals surface area contributed by atoms with Gasteiger partial charge in [0.2, 0.25) is 0 Å². The number of anilines is 1. The van der Waals surface area contributed by atoms with Crippen molar-refractivity contribution in [2.75, 3.05) is 12.4 Å². The average molecular weight is 280 g/mol. The molecule has 2 aromatic carbocycles. The normalized spacial score (nSPS) is 10.6. The number of methoxy groups -OCH3 is 1. The van der Waals surface area contributed by atoms with Crippen molar-refractivity contribution in [1.82, 2.24) is 4.98 Å². The average Bonchev–Trinajstić information content (AvgIpc) is 2.85. The van der Waals surface area contributed by atoms with Gasteiger partial charge in [0.25, 0.3) is 5.91 Å². The van der Waals surface area contributed by atoms with Crippen molar-refractivity contribution in [2.45, 2.75) is 6.92 Å². The van der Waals surface area contributed by atoms with Crippen molar-refractivity contribution in [3.05, 3.63) is 59.8 Å². The molecule has 0 saturated carbocycles. The lowest BCUT2D eigenvalue weighted by Gasteiger charge is -2.06. The monoisotopic (exact) mass is 280 g/mol. The molecule has 2 N–H and O–H groups in total. The van der Waals surface area contributed by atoms with Gasteiger partial charge in [0, 0.05) is 22.7 Å². The Bertz CT molecular complexity index is 805. The highest BCUT2D eigenvalue weighted by Crippen LogP contribution is 2.23. The third-order valence-electron chi connectivity index (χ3n) is 3.52. The van der Waals surface area contributed by atoms with Crippen LogP contribution in [0.5, 0.6) is 5.75 Å². The van der Waals surface area contributed by atoms with E-state index in [1.807, 2.05) is 49.4 Å². The van der Waals surface area contributed by atoms with Crippen molar-refractivity contribution in [3.63, 3.8) is 0 Å². The quantitative estimate of drug-likeness (QED) is 0.768. The second-order valence-electron chi connectivity index (χ2n) is 4.86. The number of ether oxygens (including phenoxy) is 1. The smallest absolute Gasteiger partial charge is 0.272 e. The minimum absolute atomic E-state index is 0.156. The minimum atomic E-state index is -0.156. The van der Waals surface area contributed by atoms with E-state index in [9.17, 15) is 4.79 Å². The fraction of sp³-hybridized carbons (Fsp3) is 0.118. The van der Waals surface area contributed by atoms with Gasteiger partial charge in [0.1, 0.15) is 11.4 Å². The van der Waals surface area contributed by atoms with Gasteiger partial charge in [-0.1, -0.05) is 24.3 Å². The van der Waals surface area contributed by atoms with E-state index < -0.39 is 0 Å². The highest BCUT2D eigenvalue weighted by Gasteiger charge is 2.14. The number of nitrogens with one attached hydrogen (secondary N) is 2. The highest BCUT2D eigenvalue weighted by molar-refractivity contribution is 6.07. The van der Waals surface area contributed by atoms with Gasteiger partial charge in [-0.05, 0) is 30.7 Å². The molecule has 1 heterocycles. The molecule has 3 rings (SSSR count). The number of aromatic nitrogens is 1. The summed E-state index contributed by atoms with van der Waals surface area (Å²) >= 11 is 0. The summed E-state index contributed by atoms with van der Waals surface area (Å²) in [5, 5.41) is 3.95. The zero-order chi connectivity index (χ0) is 14.8. The first-order chi connectivity index (χ1) is 10.2. The molecule has 0 atom stereocenters. The van der Waals surface area contributed by atoms with E-state index in [0.29, 0.717) is 17.1 Å². The van der Waals surface area contributed by atoms with E-state index in [2.05, 4.69) is 10.3 Å². The standard InChI is InChI=1S/C17H16N2O2/c1-11-14-8-3-4-9-15(14)19-16(11)17(20)18-12-6-5-7-13(10-12)21-2/h3-10,19H,1-2H3,(H,18,20). The summed E-state index contributed by atoms with van der Waals surface area (Å²) in [7, 11) is 1.60. The van der Waals surface area contributed by atoms with Gasteiger partial charge >= 0.3 is 0 Å². The third-order valence-corrected chi connectivity index (χ3v) is 3.52. The predicted octanol–water partition coefficient (Wildman–Crippen LogP) is 3.74. The third kappa shape index (κ3) is 2.48. The molecular formula is C17H16N2O2. The summed E-state index contributed by atoms with van der Waals surface area (Å²) in [4.78, 5) is 15.6. The number of hydrogen-bond acceptors (Lipinski definition) is 2. The Hall–Kier alpha value is -2.75. The molecule has 1 amide bonds. The number of benzene rings is 2. The predicted molar refractivity (Wildman–Crippen MR) is 84.0 cm³/mol. The van der Waals surface area contributed by atoms with E-state index in [1.54, 1.807) is 13.2 Å². The van der Waals surface area contributed by atoms with Crippen molar-refractivity contribution < 1.29 is 9.53 Å². The van der Waals surface area contributed by atoms with Gasteiger partial charge in [-0.2, -0.15) is 0 Å². The molecule has 0 aliphatic carbocycles. The molecular weight excluding hydrogens is 264 g/mol. The first-order valence-electron chi connectivity index (χ1n) is 6.72. The molecule has 0 radical (unpaired) electrons. The second kappa shape index (κ2) is 5.32. The summed E-state index contributed by atoms with van der Waals surface area (Å²) in [5.74, 6) is 0.554. The number of carbonyl (C=O) groups excluding carboxylic acids is 1. The van der Waals surface area contributed by atoms with Gasteiger partial charge in [0.15, 0.2) is 0 Å². The number of aromatic amines is 1. The van der Waals surface area contributed by atoms with Crippen molar-refractivity contribution in [1.29, 1.82) is 0 Å². The lowest BCUT2D eigenvalue weighted by Crippen LogP contribution is -2.13. The molecule has 0 bridgehead atoms. The van der Waals surface area contributed by atoms with Crippen LogP contribution in [0.15, 0.2) is 48.5 Å². The molecule has 4 heteroatoms. The highest BCUT2D eigenvalue weighted by atomic mass is 16.5. The van der Waals surface area contributed by atoms with Crippen LogP contribution in [0, 0.1) is 6.92 Å². The summed E-state index contributed by atoms with van der Waals surface area (Å²) in [6.45, 7) is 1.94. The number of hydrogen-bond donors (Lipinski definition) is 2. The lowest BCUT2D eigenvalue weighted by molar-refractivity contribution is 0.102. The number of aryl methyl sites for hydroxylation is 1. The van der Waals surface area contributed by atoms with E-state index in [1.165, 1.54) is 0 Å². The van der Waals surface area contributed by atoms with Crippen molar-refractivity contribution in [2.24, 2.45) is 0 Å². The molecule has 0 aliphatic heterocycles. The Morgan fingerprint density at radius 3 is 2.71 bits per heavy atom. The number of fused-ring (bicyclic) bond motifs is 1. The number of carbonyl (C=O) groups is 1. The van der Waals surface area contributed by atoms with E-state index in [0.717, 1.165) is 16.5 Å². The number of para-hydroxylation sites is 1. The molecule has 0 unspecified atom stereocenters. The van der Waals surface area contributed by atoms with E-state index >= 15 is 0 Å². The molecule has 106 valence electrons. The Kier molecular flexibility index (Phi) is 3.36. The zero-order valence-corrected chi connectivity index (χ0v) is 11.9. The van der Waals surface area contributed by atoms with Gasteiger partial charge in [-0.3, -0.25) is 4.79 Å². The molecule has 4 nitrogen and oxygen atoms in total. The maximum Gasteiger partial charge on any atom is 0.272 e. The van der Waals surface area contributed by atoms with E-state index in [-0.39, 0.29) is 5.91 Å². The number of rotatable bonds is 3. The van der Waals surface area contributed by atoms with Gasteiger partial charge in [0.05, 0.1) is 7.11 Å². The minimum Gasteiger partial charge on any atom is -0.497 e. The van der Waals surface area contributed by atoms with Crippen LogP contribution in [0.3, 0.4) is 0 Å². The summed E-state index contributed by atoms with van der Waals surface area (Å²) in [6, 6.07) is 15.2. The fourth-order valence-electron chi connectivity index (χ4n) is 2.40. The lowest BCUT2D eigenvalue weighted by atomic mass is 10.1. The van der Waals surface area contributed by atoms with Crippen molar-refractivity contribution in [3.8, 4) is 5.75 Å². The first kappa shape index (κ1) is 13.2. The summed E-state index contributed by atoms with van der Waals surface area (Å²) in [5.41, 5.74) is 3.20. The molecule has 21 heavy (non-hydrogen) atoms. The maximum absolute atomic E-state index is 12.4. The SMILES string of the molecule is COc1cccc(NC(=O)c2[nH]c3ccccc3c2C)c1. The van der Waals surface area contributed by atoms with Crippen LogP contribution in [0.1, 0.15) is 16.1 Å². The Balaban J connectivity index is 1.91. The van der Waals surface area contributed by atoms with Crippen LogP contribution in [0.2, 0.25) is 0 Å². The molecule has 0 saturated heterocycles. The summed E-state index contributed by atoms with van der Waals surface area (Å²) in [6.07, 6.45) is 0. The molecule has 1 aromatic heterocycles. The fourth-order valence-corrected chi connectivity index (χ4v) is 2.40. The largest absolute Gasteiger partial charge is 0.497 e. The first-order valence-corrected chi connectivity index (χ1v) is 6.72. The van der Waals surface area contributed by atoms with Crippen LogP contribution in [0.4, 0.5) is 5.69 Å². The van der Waals surface area contributed by atoms with Crippen LogP contribution in [-0.2, 0) is 0 Å². The zero-order valence-electron chi connectivity index (χ0n) is 11.9. The number of H-pyrrole nitrogens is 1. The molecule has 3 aromatic rings.